The lowest BCUT2D eigenvalue weighted by Gasteiger charge is -2.29. The van der Waals surface area contributed by atoms with Crippen molar-refractivity contribution in [3.05, 3.63) is 59.1 Å². The molecule has 0 unspecified atom stereocenters. The molecule has 0 saturated heterocycles. The quantitative estimate of drug-likeness (QED) is 0.847. The van der Waals surface area contributed by atoms with E-state index in [9.17, 15) is 9.59 Å². The van der Waals surface area contributed by atoms with Crippen LogP contribution in [0.15, 0.2) is 48.5 Å². The highest BCUT2D eigenvalue weighted by Crippen LogP contribution is 2.27. The molecule has 0 bridgehead atoms. The van der Waals surface area contributed by atoms with Crippen LogP contribution in [-0.4, -0.2) is 31.5 Å². The van der Waals surface area contributed by atoms with Crippen molar-refractivity contribution in [3.8, 4) is 5.75 Å². The van der Waals surface area contributed by atoms with Gasteiger partial charge >= 0.3 is 0 Å². The predicted octanol–water partition coefficient (Wildman–Crippen LogP) is 3.20. The molecule has 0 fully saturated rings. The number of nitrogens with one attached hydrogen (secondary N) is 1. The Hall–Kier alpha value is -2.53. The lowest BCUT2D eigenvalue weighted by molar-refractivity contribution is -0.123. The number of hydrogen-bond acceptors (Lipinski definition) is 3. The Kier molecular flexibility index (Phi) is 6.12. The number of hydrogen-bond donors (Lipinski definition) is 1. The number of rotatable bonds is 6. The molecule has 2 aromatic rings. The van der Waals surface area contributed by atoms with E-state index in [0.717, 1.165) is 25.1 Å². The van der Waals surface area contributed by atoms with E-state index in [2.05, 4.69) is 11.4 Å². The third-order valence-corrected chi connectivity index (χ3v) is 4.47. The van der Waals surface area contributed by atoms with Crippen LogP contribution in [0.3, 0.4) is 0 Å². The van der Waals surface area contributed by atoms with Crippen LogP contribution in [0.25, 0.3) is 0 Å². The Morgan fingerprint density at radius 1 is 1.15 bits per heavy atom. The first-order valence-corrected chi connectivity index (χ1v) is 9.04. The molecule has 0 spiro atoms. The van der Waals surface area contributed by atoms with E-state index in [0.29, 0.717) is 10.8 Å². The van der Waals surface area contributed by atoms with Crippen molar-refractivity contribution in [2.75, 3.05) is 24.6 Å². The monoisotopic (exact) mass is 372 g/mol. The van der Waals surface area contributed by atoms with Crippen LogP contribution in [0.2, 0.25) is 5.02 Å². The molecule has 0 saturated carbocycles. The number of anilines is 1. The van der Waals surface area contributed by atoms with Gasteiger partial charge in [0.25, 0.3) is 5.91 Å². The molecule has 26 heavy (non-hydrogen) atoms. The van der Waals surface area contributed by atoms with Crippen molar-refractivity contribution in [1.29, 1.82) is 0 Å². The summed E-state index contributed by atoms with van der Waals surface area (Å²) < 4.78 is 5.38. The van der Waals surface area contributed by atoms with Gasteiger partial charge in [0.2, 0.25) is 5.91 Å². The molecule has 0 radical (unpaired) electrons. The molecule has 1 aliphatic rings. The molecule has 2 aromatic carbocycles. The van der Waals surface area contributed by atoms with Crippen molar-refractivity contribution >= 4 is 29.1 Å². The number of nitrogens with zero attached hydrogens (tertiary/aromatic N) is 1. The fraction of sp³-hybridized carbons (Fsp3) is 0.300. The van der Waals surface area contributed by atoms with Gasteiger partial charge < -0.3 is 15.0 Å². The second-order valence-corrected chi connectivity index (χ2v) is 6.56. The summed E-state index contributed by atoms with van der Waals surface area (Å²) in [5.74, 6) is 0.290. The summed E-state index contributed by atoms with van der Waals surface area (Å²) in [7, 11) is 0. The molecular formula is C20H21ClN2O3. The molecule has 0 aromatic heterocycles. The minimum absolute atomic E-state index is 0.0215. The number of benzene rings is 2. The van der Waals surface area contributed by atoms with E-state index >= 15 is 0 Å². The van der Waals surface area contributed by atoms with Gasteiger partial charge in [-0.05, 0) is 42.7 Å². The zero-order valence-corrected chi connectivity index (χ0v) is 15.2. The minimum atomic E-state index is -0.267. The van der Waals surface area contributed by atoms with Crippen molar-refractivity contribution in [1.82, 2.24) is 5.32 Å². The maximum atomic E-state index is 12.5. The summed E-state index contributed by atoms with van der Waals surface area (Å²) in [4.78, 5) is 26.2. The van der Waals surface area contributed by atoms with Crippen LogP contribution in [-0.2, 0) is 16.0 Å². The average Bonchev–Trinajstić information content (AvgIpc) is 2.66. The maximum Gasteiger partial charge on any atom is 0.257 e. The van der Waals surface area contributed by atoms with Crippen molar-refractivity contribution < 1.29 is 14.3 Å². The van der Waals surface area contributed by atoms with Crippen LogP contribution in [0, 0.1) is 0 Å². The maximum absolute atomic E-state index is 12.5. The molecule has 1 N–H and O–H groups in total. The smallest absolute Gasteiger partial charge is 0.257 e. The van der Waals surface area contributed by atoms with Gasteiger partial charge in [-0.15, -0.1) is 0 Å². The largest absolute Gasteiger partial charge is 0.484 e. The van der Waals surface area contributed by atoms with Crippen LogP contribution < -0.4 is 15.0 Å². The Balaban J connectivity index is 1.43. The van der Waals surface area contributed by atoms with Gasteiger partial charge in [-0.1, -0.05) is 35.9 Å². The number of amides is 2. The topological polar surface area (TPSA) is 58.6 Å². The van der Waals surface area contributed by atoms with Gasteiger partial charge in [0.1, 0.15) is 5.75 Å². The summed E-state index contributed by atoms with van der Waals surface area (Å²) >= 11 is 5.87. The first-order valence-electron chi connectivity index (χ1n) is 8.67. The van der Waals surface area contributed by atoms with Crippen LogP contribution in [0.5, 0.6) is 5.75 Å². The van der Waals surface area contributed by atoms with Crippen LogP contribution >= 0.6 is 11.6 Å². The average molecular weight is 373 g/mol. The number of para-hydroxylation sites is 1. The second kappa shape index (κ2) is 8.72. The van der Waals surface area contributed by atoms with Gasteiger partial charge in [0.05, 0.1) is 0 Å². The van der Waals surface area contributed by atoms with E-state index in [-0.39, 0.29) is 31.4 Å². The summed E-state index contributed by atoms with van der Waals surface area (Å²) in [5, 5.41) is 3.27. The third-order valence-electron chi connectivity index (χ3n) is 4.24. The van der Waals surface area contributed by atoms with Crippen molar-refractivity contribution in [2.24, 2.45) is 0 Å². The number of halogens is 1. The molecule has 6 heteroatoms. The second-order valence-electron chi connectivity index (χ2n) is 6.12. The van der Waals surface area contributed by atoms with Gasteiger partial charge in [-0.25, -0.2) is 0 Å². The SMILES string of the molecule is O=C(COc1cccc(Cl)c1)NCCC(=O)N1CCCc2ccccc21. The number of aryl methyl sites for hydroxylation is 1. The van der Waals surface area contributed by atoms with Gasteiger partial charge in [0, 0.05) is 30.2 Å². The Labute approximate surface area is 157 Å². The Morgan fingerprint density at radius 3 is 2.85 bits per heavy atom. The number of carbonyl (C=O) groups is 2. The molecule has 2 amide bonds. The van der Waals surface area contributed by atoms with Crippen LogP contribution in [0.1, 0.15) is 18.4 Å². The first-order chi connectivity index (χ1) is 12.6. The summed E-state index contributed by atoms with van der Waals surface area (Å²) in [6, 6.07) is 14.8. The lowest BCUT2D eigenvalue weighted by Crippen LogP contribution is -2.38. The fourth-order valence-corrected chi connectivity index (χ4v) is 3.17. The van der Waals surface area contributed by atoms with E-state index in [1.54, 1.807) is 24.3 Å². The lowest BCUT2D eigenvalue weighted by atomic mass is 10.0. The molecule has 1 aliphatic heterocycles. The fourth-order valence-electron chi connectivity index (χ4n) is 2.99. The molecule has 1 heterocycles. The standard InChI is InChI=1S/C20H21ClN2O3/c21-16-7-3-8-17(13-16)26-14-19(24)22-11-10-20(25)23-12-4-6-15-5-1-2-9-18(15)23/h1-3,5,7-9,13H,4,6,10-12,14H2,(H,22,24). The minimum Gasteiger partial charge on any atom is -0.484 e. The molecule has 0 aliphatic carbocycles. The Bertz CT molecular complexity index is 794. The van der Waals surface area contributed by atoms with Crippen LogP contribution in [0.4, 0.5) is 5.69 Å². The van der Waals surface area contributed by atoms with Gasteiger partial charge in [0.15, 0.2) is 6.61 Å². The zero-order chi connectivity index (χ0) is 18.4. The molecule has 136 valence electrons. The number of fused-ring (bicyclic) bond motifs is 1. The highest BCUT2D eigenvalue weighted by molar-refractivity contribution is 6.30. The highest BCUT2D eigenvalue weighted by atomic mass is 35.5. The summed E-state index contributed by atoms with van der Waals surface area (Å²) in [5.41, 5.74) is 2.19. The van der Waals surface area contributed by atoms with Crippen molar-refractivity contribution in [3.63, 3.8) is 0 Å². The third kappa shape index (κ3) is 4.76. The first kappa shape index (κ1) is 18.3. The van der Waals surface area contributed by atoms with Crippen molar-refractivity contribution in [2.45, 2.75) is 19.3 Å². The number of ether oxygens (including phenoxy) is 1. The van der Waals surface area contributed by atoms with Gasteiger partial charge in [-0.2, -0.15) is 0 Å². The van der Waals surface area contributed by atoms with Gasteiger partial charge in [-0.3, -0.25) is 9.59 Å². The van der Waals surface area contributed by atoms with E-state index in [1.807, 2.05) is 23.1 Å². The summed E-state index contributed by atoms with van der Waals surface area (Å²) in [6.45, 7) is 0.901. The van der Waals surface area contributed by atoms with E-state index < -0.39 is 0 Å². The number of carbonyl (C=O) groups excluding carboxylic acids is 2. The molecular weight excluding hydrogens is 352 g/mol. The highest BCUT2D eigenvalue weighted by Gasteiger charge is 2.21. The summed E-state index contributed by atoms with van der Waals surface area (Å²) in [6.07, 6.45) is 2.22. The van der Waals surface area contributed by atoms with E-state index in [4.69, 9.17) is 16.3 Å². The van der Waals surface area contributed by atoms with E-state index in [1.165, 1.54) is 5.56 Å². The zero-order valence-electron chi connectivity index (χ0n) is 14.4. The molecule has 0 atom stereocenters. The molecule has 3 rings (SSSR count). The normalized spacial score (nSPS) is 13.0. The Morgan fingerprint density at radius 2 is 2.00 bits per heavy atom. The molecule has 5 nitrogen and oxygen atoms in total. The predicted molar refractivity (Wildman–Crippen MR) is 102 cm³/mol.